The number of carbonyl (C=O) groups excluding carboxylic acids is 1. The Morgan fingerprint density at radius 3 is 2.65 bits per heavy atom. The predicted molar refractivity (Wildman–Crippen MR) is 74.8 cm³/mol. The van der Waals surface area contributed by atoms with Gasteiger partial charge >= 0.3 is 0 Å². The second kappa shape index (κ2) is 7.02. The van der Waals surface area contributed by atoms with Crippen LogP contribution in [0.1, 0.15) is 32.3 Å². The van der Waals surface area contributed by atoms with E-state index < -0.39 is 0 Å². The maximum atomic E-state index is 11.8. The molecule has 0 aliphatic rings. The van der Waals surface area contributed by atoms with Gasteiger partial charge in [0.05, 0.1) is 6.42 Å². The third-order valence-corrected chi connectivity index (χ3v) is 4.69. The van der Waals surface area contributed by atoms with Gasteiger partial charge in [0.15, 0.2) is 0 Å². The fraction of sp³-hybridized carbons (Fsp3) is 0.615. The highest BCUT2D eigenvalue weighted by molar-refractivity contribution is 7.07. The Hall–Kier alpha value is -0.540. The quantitative estimate of drug-likeness (QED) is 0.758. The standard InChI is InChI=1S/C13H20ClNOS/c1-3-13(4-2,9-14)10-15-12(16)7-11-5-6-17-8-11/h5-6,8H,3-4,7,9-10H2,1-2H3,(H,15,16). The second-order valence-electron chi connectivity index (χ2n) is 4.43. The summed E-state index contributed by atoms with van der Waals surface area (Å²) in [6.45, 7) is 4.92. The van der Waals surface area contributed by atoms with Gasteiger partial charge in [-0.15, -0.1) is 11.6 Å². The van der Waals surface area contributed by atoms with Crippen molar-refractivity contribution in [3.8, 4) is 0 Å². The van der Waals surface area contributed by atoms with Crippen molar-refractivity contribution in [2.24, 2.45) is 5.41 Å². The van der Waals surface area contributed by atoms with Crippen molar-refractivity contribution in [2.75, 3.05) is 12.4 Å². The van der Waals surface area contributed by atoms with Crippen LogP contribution in [0.5, 0.6) is 0 Å². The number of nitrogens with one attached hydrogen (secondary N) is 1. The Morgan fingerprint density at radius 1 is 1.47 bits per heavy atom. The molecule has 0 saturated carbocycles. The third-order valence-electron chi connectivity index (χ3n) is 3.39. The average Bonchev–Trinajstić information content (AvgIpc) is 2.84. The molecular weight excluding hydrogens is 254 g/mol. The van der Waals surface area contributed by atoms with Crippen LogP contribution in [-0.4, -0.2) is 18.3 Å². The van der Waals surface area contributed by atoms with Gasteiger partial charge in [-0.3, -0.25) is 4.79 Å². The van der Waals surface area contributed by atoms with E-state index in [0.29, 0.717) is 18.8 Å². The molecule has 0 aliphatic carbocycles. The molecule has 0 saturated heterocycles. The summed E-state index contributed by atoms with van der Waals surface area (Å²) in [4.78, 5) is 11.8. The molecule has 96 valence electrons. The van der Waals surface area contributed by atoms with E-state index in [2.05, 4.69) is 19.2 Å². The Balaban J connectivity index is 2.41. The number of thiophene rings is 1. The van der Waals surface area contributed by atoms with E-state index in [1.165, 1.54) is 0 Å². The Bertz CT molecular complexity index is 325. The van der Waals surface area contributed by atoms with Gasteiger partial charge in [0.1, 0.15) is 0 Å². The summed E-state index contributed by atoms with van der Waals surface area (Å²) >= 11 is 7.62. The fourth-order valence-corrected chi connectivity index (χ4v) is 2.80. The maximum Gasteiger partial charge on any atom is 0.224 e. The number of halogens is 1. The van der Waals surface area contributed by atoms with Gasteiger partial charge in [-0.25, -0.2) is 0 Å². The lowest BCUT2D eigenvalue weighted by Gasteiger charge is -2.29. The van der Waals surface area contributed by atoms with Gasteiger partial charge in [-0.1, -0.05) is 13.8 Å². The van der Waals surface area contributed by atoms with E-state index in [9.17, 15) is 4.79 Å². The lowest BCUT2D eigenvalue weighted by Crippen LogP contribution is -2.38. The van der Waals surface area contributed by atoms with E-state index in [1.54, 1.807) is 11.3 Å². The number of rotatable bonds is 7. The van der Waals surface area contributed by atoms with Gasteiger partial charge in [0.25, 0.3) is 0 Å². The SMILES string of the molecule is CCC(CC)(CCl)CNC(=O)Cc1ccsc1. The highest BCUT2D eigenvalue weighted by atomic mass is 35.5. The van der Waals surface area contributed by atoms with Gasteiger partial charge < -0.3 is 5.32 Å². The summed E-state index contributed by atoms with van der Waals surface area (Å²) in [5, 5.41) is 6.99. The van der Waals surface area contributed by atoms with E-state index in [4.69, 9.17) is 11.6 Å². The minimum Gasteiger partial charge on any atom is -0.355 e. The first-order chi connectivity index (χ1) is 8.15. The Labute approximate surface area is 112 Å². The summed E-state index contributed by atoms with van der Waals surface area (Å²) in [6, 6.07) is 1.98. The van der Waals surface area contributed by atoms with Crippen molar-refractivity contribution < 1.29 is 4.79 Å². The zero-order valence-electron chi connectivity index (χ0n) is 10.5. The van der Waals surface area contributed by atoms with E-state index in [1.807, 2.05) is 16.8 Å². The molecule has 0 bridgehead atoms. The van der Waals surface area contributed by atoms with Crippen molar-refractivity contribution in [2.45, 2.75) is 33.1 Å². The Morgan fingerprint density at radius 2 is 2.18 bits per heavy atom. The first kappa shape index (κ1) is 14.5. The van der Waals surface area contributed by atoms with Crippen LogP contribution in [0.4, 0.5) is 0 Å². The minimum absolute atomic E-state index is 0.0475. The molecule has 1 amide bonds. The molecule has 0 unspecified atom stereocenters. The maximum absolute atomic E-state index is 11.8. The number of hydrogen-bond acceptors (Lipinski definition) is 2. The highest BCUT2D eigenvalue weighted by Gasteiger charge is 2.25. The molecule has 0 fully saturated rings. The normalized spacial score (nSPS) is 11.5. The van der Waals surface area contributed by atoms with Crippen molar-refractivity contribution in [1.82, 2.24) is 5.32 Å². The first-order valence-electron chi connectivity index (χ1n) is 5.99. The number of hydrogen-bond donors (Lipinski definition) is 1. The summed E-state index contributed by atoms with van der Waals surface area (Å²) in [5.74, 6) is 0.679. The van der Waals surface area contributed by atoms with Crippen LogP contribution in [0.3, 0.4) is 0 Å². The van der Waals surface area contributed by atoms with E-state index in [-0.39, 0.29) is 11.3 Å². The lowest BCUT2D eigenvalue weighted by atomic mass is 9.84. The predicted octanol–water partition coefficient (Wildman–Crippen LogP) is 3.45. The fourth-order valence-electron chi connectivity index (χ4n) is 1.66. The monoisotopic (exact) mass is 273 g/mol. The molecule has 1 aromatic heterocycles. The number of carbonyl (C=O) groups is 1. The summed E-state index contributed by atoms with van der Waals surface area (Å²) < 4.78 is 0. The highest BCUT2D eigenvalue weighted by Crippen LogP contribution is 2.26. The van der Waals surface area contributed by atoms with Crippen LogP contribution >= 0.6 is 22.9 Å². The molecule has 0 aromatic carbocycles. The molecule has 1 aromatic rings. The zero-order chi connectivity index (χ0) is 12.7. The van der Waals surface area contributed by atoms with Gasteiger partial charge in [0, 0.05) is 17.8 Å². The molecule has 0 spiro atoms. The van der Waals surface area contributed by atoms with Crippen molar-refractivity contribution in [1.29, 1.82) is 0 Å². The lowest BCUT2D eigenvalue weighted by molar-refractivity contribution is -0.120. The molecule has 2 nitrogen and oxygen atoms in total. The molecular formula is C13H20ClNOS. The number of amides is 1. The molecule has 1 heterocycles. The van der Waals surface area contributed by atoms with Gasteiger partial charge in [0.2, 0.25) is 5.91 Å². The van der Waals surface area contributed by atoms with Crippen molar-refractivity contribution >= 4 is 28.8 Å². The molecule has 4 heteroatoms. The van der Waals surface area contributed by atoms with Crippen LogP contribution in [-0.2, 0) is 11.2 Å². The van der Waals surface area contributed by atoms with Crippen LogP contribution in [0.15, 0.2) is 16.8 Å². The molecule has 1 rings (SSSR count). The summed E-state index contributed by atoms with van der Waals surface area (Å²) in [7, 11) is 0. The molecule has 0 radical (unpaired) electrons. The van der Waals surface area contributed by atoms with E-state index >= 15 is 0 Å². The van der Waals surface area contributed by atoms with E-state index in [0.717, 1.165) is 18.4 Å². The molecule has 0 aliphatic heterocycles. The largest absolute Gasteiger partial charge is 0.355 e. The van der Waals surface area contributed by atoms with Gasteiger partial charge in [-0.2, -0.15) is 11.3 Å². The van der Waals surface area contributed by atoms with Crippen LogP contribution in [0, 0.1) is 5.41 Å². The van der Waals surface area contributed by atoms with Crippen molar-refractivity contribution in [3.63, 3.8) is 0 Å². The van der Waals surface area contributed by atoms with Crippen molar-refractivity contribution in [3.05, 3.63) is 22.4 Å². The smallest absolute Gasteiger partial charge is 0.224 e. The topological polar surface area (TPSA) is 29.1 Å². The van der Waals surface area contributed by atoms with Crippen LogP contribution < -0.4 is 5.32 Å². The van der Waals surface area contributed by atoms with Crippen LogP contribution in [0.25, 0.3) is 0 Å². The zero-order valence-corrected chi connectivity index (χ0v) is 12.0. The van der Waals surface area contributed by atoms with Crippen LogP contribution in [0.2, 0.25) is 0 Å². The first-order valence-corrected chi connectivity index (χ1v) is 7.47. The summed E-state index contributed by atoms with van der Waals surface area (Å²) in [6.07, 6.45) is 2.45. The average molecular weight is 274 g/mol. The molecule has 17 heavy (non-hydrogen) atoms. The number of alkyl halides is 1. The molecule has 1 N–H and O–H groups in total. The van der Waals surface area contributed by atoms with Gasteiger partial charge in [-0.05, 0) is 35.2 Å². The second-order valence-corrected chi connectivity index (χ2v) is 5.47. The Kier molecular flexibility index (Phi) is 6.00. The third kappa shape index (κ3) is 4.32. The summed E-state index contributed by atoms with van der Waals surface area (Å²) in [5.41, 5.74) is 1.13. The minimum atomic E-state index is 0.0475. The molecule has 0 atom stereocenters.